The van der Waals surface area contributed by atoms with Gasteiger partial charge in [-0.15, -0.1) is 0 Å². The van der Waals surface area contributed by atoms with E-state index in [4.69, 9.17) is 95.0 Å². The Hall–Kier alpha value is -10.9. The van der Waals surface area contributed by atoms with E-state index in [0.29, 0.717) is 222 Å². The number of ether oxygens (including phenoxy) is 19. The van der Waals surface area contributed by atoms with Crippen LogP contribution in [-0.4, -0.2) is 350 Å². The topological polar surface area (TPSA) is 518 Å². The predicted octanol–water partition coefficient (Wildman–Crippen LogP) is 0.542. The normalized spacial score (nSPS) is 15.0. The third-order valence-electron chi connectivity index (χ3n) is 22.5. The van der Waals surface area contributed by atoms with Crippen molar-refractivity contribution in [1.82, 2.24) is 52.1 Å². The summed E-state index contributed by atoms with van der Waals surface area (Å²) in [6.07, 6.45) is 3.60. The number of hydrogen-bond donors (Lipinski definition) is 9. The van der Waals surface area contributed by atoms with Crippen molar-refractivity contribution in [2.45, 2.75) is 102 Å². The number of hydrogen-bond acceptors (Lipinski definition) is 33. The van der Waals surface area contributed by atoms with Crippen LogP contribution in [0.4, 0.5) is 10.1 Å². The Kier molecular flexibility index (Phi) is 48.3. The van der Waals surface area contributed by atoms with E-state index >= 15 is 4.39 Å². The van der Waals surface area contributed by atoms with Gasteiger partial charge in [0, 0.05) is 81.4 Å². The number of pyridine rings is 2. The van der Waals surface area contributed by atoms with Gasteiger partial charge in [0.2, 0.25) is 35.4 Å². The highest BCUT2D eigenvalue weighted by molar-refractivity contribution is 6.28. The van der Waals surface area contributed by atoms with Crippen molar-refractivity contribution in [3.8, 4) is 17.1 Å². The van der Waals surface area contributed by atoms with E-state index in [-0.39, 0.29) is 158 Å². The van der Waals surface area contributed by atoms with Gasteiger partial charge in [0.15, 0.2) is 5.60 Å². The molecule has 5 aliphatic rings. The summed E-state index contributed by atoms with van der Waals surface area (Å²) >= 11 is 0. The summed E-state index contributed by atoms with van der Waals surface area (Å²) in [4.78, 5) is 169. The summed E-state index contributed by atoms with van der Waals surface area (Å²) in [7, 11) is 3.22. The summed E-state index contributed by atoms with van der Waals surface area (Å²) in [6, 6.07) is 12.7. The molecule has 3 atom stereocenters. The SMILES string of the molecule is CC[C@@]1(O)C(=O)OCc2c1cc1n(c2=O)Cc2c-1nc1cc(F)c3c(c1c2CNC(=O)[C@@H](OCNC(=O)CNC(=O)[C@H](Cc1ccccc1)NC(=O)CNC(=O)CNC(=O)CCCOc1c(C(=O)NCCOCCOCCOCCOCCOCCOCCOCCOC)cc(N2C(=O)C=CC2=O)cc1C(=O)NCCOCCOCCOCCOCCOCCOCCOCCOC)C1CC1)CCC3. The monoisotopic (exact) mass is 1960 g/mol. The lowest BCUT2D eigenvalue weighted by molar-refractivity contribution is -0.172. The van der Waals surface area contributed by atoms with Crippen LogP contribution in [0.25, 0.3) is 22.3 Å². The molecule has 139 heavy (non-hydrogen) atoms. The third kappa shape index (κ3) is 35.7. The second kappa shape index (κ2) is 61.0. The molecule has 0 bridgehead atoms. The van der Waals surface area contributed by atoms with Crippen LogP contribution in [0.15, 0.2) is 71.5 Å². The summed E-state index contributed by atoms with van der Waals surface area (Å²) < 4.78 is 122. The number of fused-ring (bicyclic) bond motifs is 7. The number of halogens is 1. The molecule has 2 aliphatic carbocycles. The van der Waals surface area contributed by atoms with Gasteiger partial charge in [0.1, 0.15) is 37.1 Å². The average Bonchev–Trinajstić information content (AvgIpc) is 1.56. The van der Waals surface area contributed by atoms with E-state index in [1.807, 2.05) is 0 Å². The van der Waals surface area contributed by atoms with E-state index < -0.39 is 121 Å². The first-order chi connectivity index (χ1) is 67.7. The molecule has 1 saturated carbocycles. The predicted molar refractivity (Wildman–Crippen MR) is 493 cm³/mol. The number of amides is 10. The quantitative estimate of drug-likeness (QED) is 0.0109. The number of methoxy groups -OCH3 is 2. The molecule has 0 saturated heterocycles. The molecule has 10 rings (SSSR count). The Bertz CT molecular complexity index is 4830. The molecule has 0 unspecified atom stereocenters. The highest BCUT2D eigenvalue weighted by Crippen LogP contribution is 2.44. The van der Waals surface area contributed by atoms with Crippen LogP contribution < -0.4 is 57.7 Å². The van der Waals surface area contributed by atoms with Crippen LogP contribution >= 0.6 is 0 Å². The van der Waals surface area contributed by atoms with Gasteiger partial charge >= 0.3 is 5.97 Å². The molecule has 3 aliphatic heterocycles. The van der Waals surface area contributed by atoms with Crippen molar-refractivity contribution < 1.29 is 152 Å². The smallest absolute Gasteiger partial charge is 0.343 e. The molecule has 44 heteroatoms. The number of aromatic nitrogens is 2. The van der Waals surface area contributed by atoms with Crippen LogP contribution in [0.2, 0.25) is 0 Å². The molecule has 10 amide bonds. The Morgan fingerprint density at radius 1 is 0.525 bits per heavy atom. The van der Waals surface area contributed by atoms with Crippen molar-refractivity contribution in [3.05, 3.63) is 133 Å². The molecule has 1 fully saturated rings. The lowest BCUT2D eigenvalue weighted by atomic mass is 9.86. The van der Waals surface area contributed by atoms with Crippen LogP contribution in [0.3, 0.4) is 0 Å². The van der Waals surface area contributed by atoms with Gasteiger partial charge in [-0.3, -0.25) is 52.7 Å². The molecule has 5 heterocycles. The van der Waals surface area contributed by atoms with Crippen LogP contribution in [-0.2, 0) is 173 Å². The first kappa shape index (κ1) is 110. The zero-order chi connectivity index (χ0) is 98.8. The molecule has 5 aromatic rings. The van der Waals surface area contributed by atoms with Crippen LogP contribution in [0, 0.1) is 11.7 Å². The van der Waals surface area contributed by atoms with Gasteiger partial charge < -0.3 is 142 Å². The number of aliphatic hydroxyl groups is 1. The summed E-state index contributed by atoms with van der Waals surface area (Å²) in [5, 5.41) is 33.2. The maximum atomic E-state index is 15.8. The van der Waals surface area contributed by atoms with Crippen molar-refractivity contribution in [2.75, 3.05) is 263 Å². The molecule has 9 N–H and O–H groups in total. The van der Waals surface area contributed by atoms with Gasteiger partial charge in [0.05, 0.1) is 270 Å². The Labute approximate surface area is 804 Å². The van der Waals surface area contributed by atoms with E-state index in [1.54, 1.807) is 57.5 Å². The number of carbonyl (C=O) groups is 11. The number of benzene rings is 3. The molecule has 0 radical (unpaired) electrons. The fourth-order valence-electron chi connectivity index (χ4n) is 15.2. The van der Waals surface area contributed by atoms with E-state index in [9.17, 15) is 62.6 Å². The lowest BCUT2D eigenvalue weighted by Crippen LogP contribution is -2.52. The van der Waals surface area contributed by atoms with Gasteiger partial charge in [-0.1, -0.05) is 37.3 Å². The minimum Gasteiger partial charge on any atom is -0.492 e. The number of nitrogens with one attached hydrogen (secondary N) is 8. The van der Waals surface area contributed by atoms with Gasteiger partial charge in [0.25, 0.3) is 29.2 Å². The number of imide groups is 1. The Balaban J connectivity index is 0.658. The first-order valence-corrected chi connectivity index (χ1v) is 46.9. The number of nitrogens with zero attached hydrogens (tertiary/aromatic N) is 3. The average molecular weight is 1960 g/mol. The highest BCUT2D eigenvalue weighted by Gasteiger charge is 2.46. The lowest BCUT2D eigenvalue weighted by Gasteiger charge is -2.31. The maximum Gasteiger partial charge on any atom is 0.343 e. The molecule has 764 valence electrons. The zero-order valence-electron chi connectivity index (χ0n) is 79.1. The number of rotatable bonds is 74. The van der Waals surface area contributed by atoms with Crippen molar-refractivity contribution in [3.63, 3.8) is 0 Å². The number of aryl methyl sites for hydroxylation is 1. The second-order valence-electron chi connectivity index (χ2n) is 32.3. The van der Waals surface area contributed by atoms with Crippen LogP contribution in [0.5, 0.6) is 5.75 Å². The van der Waals surface area contributed by atoms with Gasteiger partial charge in [-0.2, -0.15) is 0 Å². The largest absolute Gasteiger partial charge is 0.492 e. The van der Waals surface area contributed by atoms with E-state index in [1.165, 1.54) is 22.8 Å². The zero-order valence-corrected chi connectivity index (χ0v) is 79.1. The number of carbonyl (C=O) groups excluding carboxylic acids is 11. The van der Waals surface area contributed by atoms with Gasteiger partial charge in [-0.25, -0.2) is 19.1 Å². The number of cyclic esters (lactones) is 1. The first-order valence-electron chi connectivity index (χ1n) is 46.9. The molecule has 3 aromatic carbocycles. The standard InChI is InChI=1S/C95H130FN11O32/c1-4-95(120)74-55-78-86-72(61-106(78)93(118)73(74)62-138-94(95)119)71(85-68-13-8-12-67(68)75(96)56-76(85)105-86)57-101-92(117)87(65-15-16-65)139-63-103-81(110)59-102-91(116)77(52-64-10-6-5-7-11-64)104-82(111)60-100-80(109)58-99-79(108)14-9-21-137-88-69(89(114)97-19-22-123-28-30-127-36-38-131-44-46-135-50-48-133-42-40-129-34-32-125-26-24-121-2)53-66(107-83(112)17-18-84(107)113)54-70(88)90(115)98-20-23-124-29-31-128-37-39-132-45-47-136-51-49-134-43-41-130-35-33-126-27-25-122-3/h5-7,10-11,17-18,53-56,65,77,87,120H,4,8-9,12-16,19-52,57-63H2,1-3H3,(H,97,114)(H,98,115)(H,99,108)(H,100,109)(H,101,117)(H,102,116)(H,103,110)(H,104,111)/t77-,87-,95-/m0/s1. The second-order valence-corrected chi connectivity index (χ2v) is 32.3. The van der Waals surface area contributed by atoms with Crippen LogP contribution in [0.1, 0.15) is 105 Å². The minimum atomic E-state index is -2.09. The molecule has 2 aromatic heterocycles. The van der Waals surface area contributed by atoms with E-state index in [0.717, 1.165) is 22.6 Å². The number of esters is 1. The molecule has 0 spiro atoms. The fraction of sp³-hybridized carbons (Fsp3) is 0.589. The number of anilines is 1. The Morgan fingerprint density at radius 2 is 1.00 bits per heavy atom. The molecule has 43 nitrogen and oxygen atoms in total. The highest BCUT2D eigenvalue weighted by atomic mass is 19.1. The summed E-state index contributed by atoms with van der Waals surface area (Å²) in [5.41, 5.74) is 1.05. The summed E-state index contributed by atoms with van der Waals surface area (Å²) in [5.74, 6) is -9.12. The minimum absolute atomic E-state index is 0.00350. The molecular formula is C95H130FN11O32. The summed E-state index contributed by atoms with van der Waals surface area (Å²) in [6.45, 7) is 8.97. The van der Waals surface area contributed by atoms with E-state index in [2.05, 4.69) is 42.5 Å². The van der Waals surface area contributed by atoms with Gasteiger partial charge in [-0.05, 0) is 91.3 Å². The van der Waals surface area contributed by atoms with Crippen molar-refractivity contribution in [2.24, 2.45) is 5.92 Å². The van der Waals surface area contributed by atoms with Crippen molar-refractivity contribution >= 4 is 81.6 Å². The fourth-order valence-corrected chi connectivity index (χ4v) is 15.2. The molecular weight excluding hydrogens is 1830 g/mol. The maximum absolute atomic E-state index is 15.8. The van der Waals surface area contributed by atoms with Crippen molar-refractivity contribution in [1.29, 1.82) is 0 Å². The Morgan fingerprint density at radius 3 is 1.50 bits per heavy atom. The third-order valence-corrected chi connectivity index (χ3v) is 22.5.